The number of carbonyl (C=O) groups excluding carboxylic acids is 1. The van der Waals surface area contributed by atoms with Crippen molar-refractivity contribution in [3.05, 3.63) is 88.7 Å². The fourth-order valence-electron chi connectivity index (χ4n) is 3.78. The highest BCUT2D eigenvalue weighted by Gasteiger charge is 2.24. The molecule has 29 heavy (non-hydrogen) atoms. The molecule has 1 aliphatic carbocycles. The summed E-state index contributed by atoms with van der Waals surface area (Å²) in [5, 5.41) is 2.78. The summed E-state index contributed by atoms with van der Waals surface area (Å²) >= 11 is 0. The quantitative estimate of drug-likeness (QED) is 0.548. The number of hydrogen-bond acceptors (Lipinski definition) is 1. The molecule has 1 aliphatic rings. The van der Waals surface area contributed by atoms with Gasteiger partial charge in [-0.15, -0.1) is 0 Å². The first-order valence-electron chi connectivity index (χ1n) is 9.53. The van der Waals surface area contributed by atoms with Crippen molar-refractivity contribution in [1.29, 1.82) is 0 Å². The first-order valence-corrected chi connectivity index (χ1v) is 9.53. The average Bonchev–Trinajstić information content (AvgIpc) is 3.15. The molecule has 0 spiro atoms. The minimum absolute atomic E-state index is 0.107. The monoisotopic (exact) mass is 395 g/mol. The van der Waals surface area contributed by atoms with Crippen LogP contribution in [-0.2, 0) is 18.8 Å². The standard InChI is InChI=1S/C24H20F3NO/c1-24(26,27)18-11-8-16(9-12-18)20-6-3-7-21(25)22(20)23(29)28-19-13-10-15-4-2-5-17(15)14-19/h3,6-14H,2,4-5H2,1H3,(H,28,29). The van der Waals surface area contributed by atoms with Gasteiger partial charge < -0.3 is 5.32 Å². The molecule has 4 rings (SSSR count). The molecule has 5 heteroatoms. The normalized spacial score (nSPS) is 13.2. The molecular weight excluding hydrogens is 375 g/mol. The molecule has 3 aromatic rings. The van der Waals surface area contributed by atoms with Gasteiger partial charge in [-0.2, -0.15) is 0 Å². The molecule has 0 fully saturated rings. The fourth-order valence-corrected chi connectivity index (χ4v) is 3.78. The van der Waals surface area contributed by atoms with E-state index in [0.717, 1.165) is 26.2 Å². The van der Waals surface area contributed by atoms with Crippen molar-refractivity contribution in [3.63, 3.8) is 0 Å². The Morgan fingerprint density at radius 1 is 0.966 bits per heavy atom. The number of amides is 1. The van der Waals surface area contributed by atoms with Crippen molar-refractivity contribution in [2.75, 3.05) is 5.32 Å². The Kier molecular flexibility index (Phi) is 4.91. The number of halogens is 3. The number of aryl methyl sites for hydroxylation is 2. The van der Waals surface area contributed by atoms with E-state index in [2.05, 4.69) is 5.32 Å². The van der Waals surface area contributed by atoms with E-state index >= 15 is 0 Å². The number of nitrogens with one attached hydrogen (secondary N) is 1. The number of carbonyl (C=O) groups is 1. The molecule has 0 bridgehead atoms. The molecule has 3 aromatic carbocycles. The summed E-state index contributed by atoms with van der Waals surface area (Å²) in [4.78, 5) is 12.9. The van der Waals surface area contributed by atoms with Gasteiger partial charge in [0.25, 0.3) is 11.8 Å². The molecule has 0 unspecified atom stereocenters. The second-order valence-electron chi connectivity index (χ2n) is 7.42. The number of fused-ring (bicyclic) bond motifs is 1. The van der Waals surface area contributed by atoms with Crippen LogP contribution in [0.2, 0.25) is 0 Å². The summed E-state index contributed by atoms with van der Waals surface area (Å²) in [6.07, 6.45) is 3.10. The van der Waals surface area contributed by atoms with Crippen LogP contribution < -0.4 is 5.32 Å². The largest absolute Gasteiger partial charge is 0.322 e. The second kappa shape index (κ2) is 7.39. The molecule has 0 saturated carbocycles. The van der Waals surface area contributed by atoms with Crippen molar-refractivity contribution >= 4 is 11.6 Å². The highest BCUT2D eigenvalue weighted by molar-refractivity contribution is 6.09. The zero-order valence-corrected chi connectivity index (χ0v) is 15.9. The van der Waals surface area contributed by atoms with Gasteiger partial charge in [-0.1, -0.05) is 42.5 Å². The first-order chi connectivity index (χ1) is 13.8. The van der Waals surface area contributed by atoms with Gasteiger partial charge in [0.1, 0.15) is 5.82 Å². The maximum Gasteiger partial charge on any atom is 0.270 e. The lowest BCUT2D eigenvalue weighted by Gasteiger charge is -2.14. The Balaban J connectivity index is 1.66. The van der Waals surface area contributed by atoms with E-state index in [1.165, 1.54) is 47.5 Å². The third-order valence-electron chi connectivity index (χ3n) is 5.30. The lowest BCUT2D eigenvalue weighted by molar-refractivity contribution is 0.0175. The van der Waals surface area contributed by atoms with Crippen LogP contribution in [0.1, 0.15) is 40.4 Å². The van der Waals surface area contributed by atoms with Gasteiger partial charge in [-0.25, -0.2) is 13.2 Å². The Hall–Kier alpha value is -3.08. The summed E-state index contributed by atoms with van der Waals surface area (Å²) in [6.45, 7) is 0.819. The number of hydrogen-bond donors (Lipinski definition) is 1. The summed E-state index contributed by atoms with van der Waals surface area (Å²) in [5.74, 6) is -4.19. The number of alkyl halides is 2. The zero-order valence-electron chi connectivity index (χ0n) is 15.9. The Bertz CT molecular complexity index is 1070. The molecular formula is C24H20F3NO. The van der Waals surface area contributed by atoms with E-state index in [0.29, 0.717) is 16.8 Å². The van der Waals surface area contributed by atoms with E-state index in [9.17, 15) is 18.0 Å². The van der Waals surface area contributed by atoms with Crippen molar-refractivity contribution in [3.8, 4) is 11.1 Å². The molecule has 1 amide bonds. The van der Waals surface area contributed by atoms with Gasteiger partial charge in [0.15, 0.2) is 0 Å². The molecule has 148 valence electrons. The van der Waals surface area contributed by atoms with Crippen LogP contribution in [0.15, 0.2) is 60.7 Å². The Labute approximate surface area is 167 Å². The van der Waals surface area contributed by atoms with Gasteiger partial charge in [0.2, 0.25) is 0 Å². The van der Waals surface area contributed by atoms with E-state index in [-0.39, 0.29) is 11.1 Å². The summed E-state index contributed by atoms with van der Waals surface area (Å²) < 4.78 is 41.5. The third kappa shape index (κ3) is 3.90. The highest BCUT2D eigenvalue weighted by atomic mass is 19.3. The first kappa shape index (κ1) is 19.2. The lowest BCUT2D eigenvalue weighted by atomic mass is 9.96. The van der Waals surface area contributed by atoms with Crippen molar-refractivity contribution in [2.45, 2.75) is 32.1 Å². The predicted octanol–water partition coefficient (Wildman–Crippen LogP) is 6.35. The van der Waals surface area contributed by atoms with Gasteiger partial charge >= 0.3 is 0 Å². The van der Waals surface area contributed by atoms with Gasteiger partial charge in [-0.05, 0) is 59.7 Å². The fraction of sp³-hybridized carbons (Fsp3) is 0.208. The van der Waals surface area contributed by atoms with E-state index in [1.54, 1.807) is 6.07 Å². The smallest absolute Gasteiger partial charge is 0.270 e. The summed E-state index contributed by atoms with van der Waals surface area (Å²) in [5.41, 5.74) is 3.71. The SMILES string of the molecule is CC(F)(F)c1ccc(-c2cccc(F)c2C(=O)Nc2ccc3c(c2)CCC3)cc1. The lowest BCUT2D eigenvalue weighted by Crippen LogP contribution is -2.15. The van der Waals surface area contributed by atoms with Gasteiger partial charge in [0.05, 0.1) is 5.56 Å². The average molecular weight is 395 g/mol. The minimum Gasteiger partial charge on any atom is -0.322 e. The van der Waals surface area contributed by atoms with Crippen LogP contribution >= 0.6 is 0 Å². The van der Waals surface area contributed by atoms with Crippen LogP contribution in [0, 0.1) is 5.82 Å². The summed E-state index contributed by atoms with van der Waals surface area (Å²) in [6, 6.07) is 15.6. The molecule has 2 nitrogen and oxygen atoms in total. The van der Waals surface area contributed by atoms with E-state index in [1.807, 2.05) is 18.2 Å². The van der Waals surface area contributed by atoms with Gasteiger partial charge in [-0.3, -0.25) is 4.79 Å². The van der Waals surface area contributed by atoms with E-state index < -0.39 is 17.6 Å². The van der Waals surface area contributed by atoms with Crippen molar-refractivity contribution < 1.29 is 18.0 Å². The molecule has 0 aromatic heterocycles. The predicted molar refractivity (Wildman–Crippen MR) is 108 cm³/mol. The number of rotatable bonds is 4. The molecule has 0 saturated heterocycles. The third-order valence-corrected chi connectivity index (χ3v) is 5.30. The maximum atomic E-state index is 14.6. The van der Waals surface area contributed by atoms with E-state index in [4.69, 9.17) is 0 Å². The van der Waals surface area contributed by atoms with Crippen LogP contribution in [0.4, 0.5) is 18.9 Å². The van der Waals surface area contributed by atoms with Crippen LogP contribution in [0.25, 0.3) is 11.1 Å². The zero-order chi connectivity index (χ0) is 20.6. The van der Waals surface area contributed by atoms with Crippen LogP contribution in [0.3, 0.4) is 0 Å². The topological polar surface area (TPSA) is 29.1 Å². The summed E-state index contributed by atoms with van der Waals surface area (Å²) in [7, 11) is 0. The molecule has 0 atom stereocenters. The Morgan fingerprint density at radius 2 is 1.69 bits per heavy atom. The van der Waals surface area contributed by atoms with Crippen molar-refractivity contribution in [1.82, 2.24) is 0 Å². The van der Waals surface area contributed by atoms with Crippen LogP contribution in [-0.4, -0.2) is 5.91 Å². The van der Waals surface area contributed by atoms with Gasteiger partial charge in [0, 0.05) is 18.2 Å². The Morgan fingerprint density at radius 3 is 2.41 bits per heavy atom. The second-order valence-corrected chi connectivity index (χ2v) is 7.42. The maximum absolute atomic E-state index is 14.6. The van der Waals surface area contributed by atoms with Crippen LogP contribution in [0.5, 0.6) is 0 Å². The highest BCUT2D eigenvalue weighted by Crippen LogP contribution is 2.32. The number of benzene rings is 3. The molecule has 0 aliphatic heterocycles. The molecule has 1 N–H and O–H groups in total. The molecule has 0 heterocycles. The minimum atomic E-state index is -2.96. The number of anilines is 1. The molecule has 0 radical (unpaired) electrons. The van der Waals surface area contributed by atoms with Crippen molar-refractivity contribution in [2.24, 2.45) is 0 Å².